The summed E-state index contributed by atoms with van der Waals surface area (Å²) in [5.74, 6) is -0.211. The summed E-state index contributed by atoms with van der Waals surface area (Å²) < 4.78 is 0. The van der Waals surface area contributed by atoms with Gasteiger partial charge in [-0.2, -0.15) is 0 Å². The average molecular weight is 288 g/mol. The van der Waals surface area contributed by atoms with Gasteiger partial charge in [-0.25, -0.2) is 0 Å². The first-order chi connectivity index (χ1) is 8.54. The van der Waals surface area contributed by atoms with E-state index in [1.807, 2.05) is 6.92 Å². The molecule has 2 N–H and O–H groups in total. The molecule has 18 heavy (non-hydrogen) atoms. The van der Waals surface area contributed by atoms with Crippen LogP contribution in [0.5, 0.6) is 0 Å². The summed E-state index contributed by atoms with van der Waals surface area (Å²) >= 11 is 11.9. The maximum Gasteiger partial charge on any atom is 0.244 e. The molecule has 0 spiro atoms. The Kier molecular flexibility index (Phi) is 6.19. The Labute approximate surface area is 116 Å². The number of nitrogens with one attached hydrogen (secondary N) is 1. The molecule has 0 bridgehead atoms. The molecule has 0 radical (unpaired) electrons. The Bertz CT molecular complexity index is 426. The van der Waals surface area contributed by atoms with Crippen LogP contribution in [0.15, 0.2) is 24.3 Å². The maximum absolute atomic E-state index is 11.5. The van der Waals surface area contributed by atoms with Crippen LogP contribution in [0, 0.1) is 5.92 Å². The molecular formula is C13H15Cl2NO2. The molecule has 1 unspecified atom stereocenters. The number of hydrogen-bond acceptors (Lipinski definition) is 2. The summed E-state index contributed by atoms with van der Waals surface area (Å²) in [4.78, 5) is 11.5. The van der Waals surface area contributed by atoms with E-state index in [1.165, 1.54) is 6.08 Å². The van der Waals surface area contributed by atoms with Crippen molar-refractivity contribution in [3.05, 3.63) is 39.9 Å². The lowest BCUT2D eigenvalue weighted by atomic mass is 10.2. The van der Waals surface area contributed by atoms with Crippen molar-refractivity contribution in [3.8, 4) is 0 Å². The van der Waals surface area contributed by atoms with Gasteiger partial charge in [0, 0.05) is 34.8 Å². The third-order valence-corrected chi connectivity index (χ3v) is 3.00. The molecule has 0 aliphatic heterocycles. The van der Waals surface area contributed by atoms with Gasteiger partial charge in [-0.1, -0.05) is 36.2 Å². The predicted octanol–water partition coefficient (Wildman–Crippen LogP) is 2.75. The largest absolute Gasteiger partial charge is 0.396 e. The highest BCUT2D eigenvalue weighted by Crippen LogP contribution is 2.25. The summed E-state index contributed by atoms with van der Waals surface area (Å²) in [6.07, 6.45) is 2.95. The first-order valence-electron chi connectivity index (χ1n) is 5.55. The normalized spacial score (nSPS) is 12.7. The smallest absolute Gasteiger partial charge is 0.244 e. The second-order valence-electron chi connectivity index (χ2n) is 4.00. The topological polar surface area (TPSA) is 49.3 Å². The summed E-state index contributed by atoms with van der Waals surface area (Å²) in [5.41, 5.74) is 0.617. The van der Waals surface area contributed by atoms with Crippen molar-refractivity contribution in [2.45, 2.75) is 6.92 Å². The van der Waals surface area contributed by atoms with Crippen LogP contribution in [0.25, 0.3) is 6.08 Å². The Balaban J connectivity index is 2.61. The molecule has 1 aromatic carbocycles. The van der Waals surface area contributed by atoms with Gasteiger partial charge in [0.05, 0.1) is 0 Å². The number of rotatable bonds is 5. The van der Waals surface area contributed by atoms with Crippen molar-refractivity contribution >= 4 is 35.2 Å². The van der Waals surface area contributed by atoms with Gasteiger partial charge in [0.25, 0.3) is 0 Å². The number of aliphatic hydroxyl groups is 1. The SMILES string of the molecule is CC(CO)CNC(=O)C=Cc1c(Cl)cccc1Cl. The van der Waals surface area contributed by atoms with Gasteiger partial charge in [0.2, 0.25) is 5.91 Å². The highest BCUT2D eigenvalue weighted by atomic mass is 35.5. The first-order valence-corrected chi connectivity index (χ1v) is 6.31. The number of carbonyl (C=O) groups is 1. The van der Waals surface area contributed by atoms with E-state index in [2.05, 4.69) is 5.32 Å². The summed E-state index contributed by atoms with van der Waals surface area (Å²) in [6.45, 7) is 2.31. The molecule has 5 heteroatoms. The lowest BCUT2D eigenvalue weighted by molar-refractivity contribution is -0.116. The molecule has 98 valence electrons. The Hall–Kier alpha value is -1.03. The van der Waals surface area contributed by atoms with Crippen LogP contribution < -0.4 is 5.32 Å². The lowest BCUT2D eigenvalue weighted by Crippen LogP contribution is -2.27. The average Bonchev–Trinajstić information content (AvgIpc) is 2.35. The van der Waals surface area contributed by atoms with Gasteiger partial charge in [0.1, 0.15) is 0 Å². The molecule has 3 nitrogen and oxygen atoms in total. The number of aliphatic hydroxyl groups excluding tert-OH is 1. The maximum atomic E-state index is 11.5. The van der Waals surface area contributed by atoms with Crippen LogP contribution in [-0.4, -0.2) is 24.2 Å². The molecule has 0 aliphatic rings. The highest BCUT2D eigenvalue weighted by Gasteiger charge is 2.04. The van der Waals surface area contributed by atoms with Crippen molar-refractivity contribution in [1.29, 1.82) is 0 Å². The minimum Gasteiger partial charge on any atom is -0.396 e. The second-order valence-corrected chi connectivity index (χ2v) is 4.82. The van der Waals surface area contributed by atoms with Crippen molar-refractivity contribution < 1.29 is 9.90 Å². The molecule has 0 fully saturated rings. The van der Waals surface area contributed by atoms with E-state index in [0.29, 0.717) is 22.2 Å². The zero-order valence-electron chi connectivity index (χ0n) is 9.99. The van der Waals surface area contributed by atoms with Gasteiger partial charge >= 0.3 is 0 Å². The van der Waals surface area contributed by atoms with Crippen molar-refractivity contribution in [3.63, 3.8) is 0 Å². The van der Waals surface area contributed by atoms with E-state index in [4.69, 9.17) is 28.3 Å². The quantitative estimate of drug-likeness (QED) is 0.818. The number of amides is 1. The van der Waals surface area contributed by atoms with E-state index < -0.39 is 0 Å². The molecule has 0 aromatic heterocycles. The first kappa shape index (κ1) is 15.0. The molecule has 0 saturated carbocycles. The monoisotopic (exact) mass is 287 g/mol. The van der Waals surface area contributed by atoms with Crippen LogP contribution >= 0.6 is 23.2 Å². The van der Waals surface area contributed by atoms with E-state index in [-0.39, 0.29) is 18.4 Å². The van der Waals surface area contributed by atoms with Gasteiger partial charge < -0.3 is 10.4 Å². The van der Waals surface area contributed by atoms with E-state index in [1.54, 1.807) is 24.3 Å². The number of benzene rings is 1. The van der Waals surface area contributed by atoms with Crippen molar-refractivity contribution in [1.82, 2.24) is 5.32 Å². The fraction of sp³-hybridized carbons (Fsp3) is 0.308. The van der Waals surface area contributed by atoms with Gasteiger partial charge in [0.15, 0.2) is 0 Å². The number of hydrogen-bond donors (Lipinski definition) is 2. The van der Waals surface area contributed by atoms with Crippen LogP contribution in [0.3, 0.4) is 0 Å². The molecule has 1 rings (SSSR count). The Morgan fingerprint density at radius 1 is 1.44 bits per heavy atom. The minimum absolute atomic E-state index is 0.0336. The molecule has 0 aliphatic carbocycles. The fourth-order valence-corrected chi connectivity index (χ4v) is 1.75. The van der Waals surface area contributed by atoms with Crippen LogP contribution in [0.2, 0.25) is 10.0 Å². The second kappa shape index (κ2) is 7.41. The molecular weight excluding hydrogens is 273 g/mol. The van der Waals surface area contributed by atoms with Crippen LogP contribution in [0.4, 0.5) is 0 Å². The van der Waals surface area contributed by atoms with E-state index in [9.17, 15) is 4.79 Å². The van der Waals surface area contributed by atoms with Crippen LogP contribution in [0.1, 0.15) is 12.5 Å². The Morgan fingerprint density at radius 2 is 2.06 bits per heavy atom. The molecule has 1 atom stereocenters. The molecule has 0 heterocycles. The number of halogens is 2. The summed E-state index contributed by atoms with van der Waals surface area (Å²) in [6, 6.07) is 5.16. The minimum atomic E-state index is -0.244. The number of carbonyl (C=O) groups excluding carboxylic acids is 1. The Morgan fingerprint density at radius 3 is 2.61 bits per heavy atom. The van der Waals surface area contributed by atoms with Gasteiger partial charge in [-0.15, -0.1) is 0 Å². The third-order valence-electron chi connectivity index (χ3n) is 2.34. The molecule has 0 saturated heterocycles. The zero-order valence-corrected chi connectivity index (χ0v) is 11.5. The van der Waals surface area contributed by atoms with Gasteiger partial charge in [-0.05, 0) is 24.1 Å². The highest BCUT2D eigenvalue weighted by molar-refractivity contribution is 6.37. The third kappa shape index (κ3) is 4.69. The molecule has 1 amide bonds. The predicted molar refractivity (Wildman–Crippen MR) is 74.8 cm³/mol. The van der Waals surface area contributed by atoms with E-state index in [0.717, 1.165) is 0 Å². The standard InChI is InChI=1S/C13H15Cl2NO2/c1-9(8-17)7-16-13(18)6-5-10-11(14)3-2-4-12(10)15/h2-6,9,17H,7-8H2,1H3,(H,16,18). The fourth-order valence-electron chi connectivity index (χ4n) is 1.23. The lowest BCUT2D eigenvalue weighted by Gasteiger charge is -2.07. The summed E-state index contributed by atoms with van der Waals surface area (Å²) in [7, 11) is 0. The van der Waals surface area contributed by atoms with E-state index >= 15 is 0 Å². The zero-order chi connectivity index (χ0) is 13.5. The van der Waals surface area contributed by atoms with Crippen LogP contribution in [-0.2, 0) is 4.79 Å². The molecule has 1 aromatic rings. The van der Waals surface area contributed by atoms with Gasteiger partial charge in [-0.3, -0.25) is 4.79 Å². The summed E-state index contributed by atoms with van der Waals surface area (Å²) in [5, 5.41) is 12.5. The van der Waals surface area contributed by atoms with Crippen molar-refractivity contribution in [2.75, 3.05) is 13.2 Å². The van der Waals surface area contributed by atoms with Crippen molar-refractivity contribution in [2.24, 2.45) is 5.92 Å².